The van der Waals surface area contributed by atoms with Gasteiger partial charge >= 0.3 is 0 Å². The number of benzene rings is 1. The number of nitrogens with one attached hydrogen (secondary N) is 1. The van der Waals surface area contributed by atoms with Crippen LogP contribution < -0.4 is 5.32 Å². The first kappa shape index (κ1) is 12.2. The standard InChI is InChI=1S/C17H25N/c1-12(13-8-9-13)18-16-15-7-5-4-6-14(15)10-11-17(16,2)3/h4-7,12-13,16,18H,8-11H2,1-3H3. The van der Waals surface area contributed by atoms with E-state index >= 15 is 0 Å². The lowest BCUT2D eigenvalue weighted by atomic mass is 9.70. The quantitative estimate of drug-likeness (QED) is 0.843. The maximum Gasteiger partial charge on any atom is 0.0376 e. The van der Waals surface area contributed by atoms with Gasteiger partial charge in [-0.1, -0.05) is 38.1 Å². The summed E-state index contributed by atoms with van der Waals surface area (Å²) < 4.78 is 0. The molecule has 0 saturated heterocycles. The fourth-order valence-corrected chi connectivity index (χ4v) is 3.38. The summed E-state index contributed by atoms with van der Waals surface area (Å²) in [6, 6.07) is 10.2. The molecule has 1 heteroatoms. The van der Waals surface area contributed by atoms with Crippen molar-refractivity contribution in [1.29, 1.82) is 0 Å². The van der Waals surface area contributed by atoms with Crippen LogP contribution in [0.4, 0.5) is 0 Å². The first-order valence-corrected chi connectivity index (χ1v) is 7.42. The van der Waals surface area contributed by atoms with Crippen molar-refractivity contribution in [2.45, 2.75) is 58.5 Å². The first-order valence-electron chi connectivity index (χ1n) is 7.42. The van der Waals surface area contributed by atoms with E-state index in [9.17, 15) is 0 Å². The number of aryl methyl sites for hydroxylation is 1. The minimum absolute atomic E-state index is 0.373. The number of fused-ring (bicyclic) bond motifs is 1. The molecule has 1 nitrogen and oxygen atoms in total. The average Bonchev–Trinajstić information content (AvgIpc) is 3.17. The molecule has 1 fully saturated rings. The van der Waals surface area contributed by atoms with Gasteiger partial charge in [-0.25, -0.2) is 0 Å². The van der Waals surface area contributed by atoms with Gasteiger partial charge in [-0.15, -0.1) is 0 Å². The van der Waals surface area contributed by atoms with Crippen LogP contribution in [0.2, 0.25) is 0 Å². The van der Waals surface area contributed by atoms with E-state index in [1.165, 1.54) is 25.7 Å². The summed E-state index contributed by atoms with van der Waals surface area (Å²) >= 11 is 0. The Labute approximate surface area is 111 Å². The van der Waals surface area contributed by atoms with E-state index < -0.39 is 0 Å². The van der Waals surface area contributed by atoms with Gasteiger partial charge in [-0.3, -0.25) is 0 Å². The molecule has 2 aliphatic carbocycles. The van der Waals surface area contributed by atoms with E-state index in [0.717, 1.165) is 5.92 Å². The summed E-state index contributed by atoms with van der Waals surface area (Å²) in [5.41, 5.74) is 3.47. The lowest BCUT2D eigenvalue weighted by molar-refractivity contribution is 0.191. The van der Waals surface area contributed by atoms with Gasteiger partial charge in [0.1, 0.15) is 0 Å². The lowest BCUT2D eigenvalue weighted by Crippen LogP contribution is -2.42. The van der Waals surface area contributed by atoms with Gasteiger partial charge in [0.25, 0.3) is 0 Å². The van der Waals surface area contributed by atoms with Crippen molar-refractivity contribution in [2.24, 2.45) is 11.3 Å². The van der Waals surface area contributed by atoms with Crippen LogP contribution in [0.15, 0.2) is 24.3 Å². The Kier molecular flexibility index (Phi) is 2.97. The van der Waals surface area contributed by atoms with Crippen LogP contribution in [0.25, 0.3) is 0 Å². The summed E-state index contributed by atoms with van der Waals surface area (Å²) in [6.07, 6.45) is 5.37. The maximum absolute atomic E-state index is 3.93. The number of hydrogen-bond acceptors (Lipinski definition) is 1. The number of rotatable bonds is 3. The van der Waals surface area contributed by atoms with Gasteiger partial charge in [0, 0.05) is 12.1 Å². The molecule has 2 aliphatic rings. The van der Waals surface area contributed by atoms with Crippen LogP contribution in [0.5, 0.6) is 0 Å². The van der Waals surface area contributed by atoms with E-state index in [-0.39, 0.29) is 0 Å². The van der Waals surface area contributed by atoms with E-state index in [1.54, 1.807) is 11.1 Å². The molecule has 98 valence electrons. The molecule has 0 aromatic heterocycles. The van der Waals surface area contributed by atoms with Gasteiger partial charge in [-0.05, 0) is 55.1 Å². The Morgan fingerprint density at radius 3 is 2.67 bits per heavy atom. The first-order chi connectivity index (χ1) is 8.58. The summed E-state index contributed by atoms with van der Waals surface area (Å²) in [5, 5.41) is 3.93. The van der Waals surface area contributed by atoms with Gasteiger partial charge in [-0.2, -0.15) is 0 Å². The van der Waals surface area contributed by atoms with Crippen molar-refractivity contribution in [2.75, 3.05) is 0 Å². The largest absolute Gasteiger partial charge is 0.307 e. The van der Waals surface area contributed by atoms with Crippen molar-refractivity contribution >= 4 is 0 Å². The zero-order valence-electron chi connectivity index (χ0n) is 11.9. The smallest absolute Gasteiger partial charge is 0.0376 e. The van der Waals surface area contributed by atoms with Crippen molar-refractivity contribution in [3.63, 3.8) is 0 Å². The third kappa shape index (κ3) is 2.21. The average molecular weight is 243 g/mol. The summed E-state index contributed by atoms with van der Waals surface area (Å²) in [5.74, 6) is 0.926. The molecule has 18 heavy (non-hydrogen) atoms. The van der Waals surface area contributed by atoms with Gasteiger partial charge in [0.15, 0.2) is 0 Å². The van der Waals surface area contributed by atoms with E-state index in [4.69, 9.17) is 0 Å². The summed E-state index contributed by atoms with van der Waals surface area (Å²) in [7, 11) is 0. The molecule has 1 N–H and O–H groups in total. The molecule has 0 heterocycles. The number of hydrogen-bond donors (Lipinski definition) is 1. The highest BCUT2D eigenvalue weighted by atomic mass is 15.0. The topological polar surface area (TPSA) is 12.0 Å². The van der Waals surface area contributed by atoms with Gasteiger partial charge in [0.05, 0.1) is 0 Å². The zero-order chi connectivity index (χ0) is 12.8. The third-order valence-corrected chi connectivity index (χ3v) is 4.94. The van der Waals surface area contributed by atoms with E-state index in [0.29, 0.717) is 17.5 Å². The Morgan fingerprint density at radius 2 is 1.94 bits per heavy atom. The fraction of sp³-hybridized carbons (Fsp3) is 0.647. The predicted octanol–water partition coefficient (Wildman–Crippen LogP) is 4.09. The molecule has 0 bridgehead atoms. The van der Waals surface area contributed by atoms with Crippen molar-refractivity contribution in [3.8, 4) is 0 Å². The SMILES string of the molecule is CC(NC1c2ccccc2CCC1(C)C)C1CC1. The summed E-state index contributed by atoms with van der Waals surface area (Å²) in [6.45, 7) is 7.20. The molecule has 2 unspecified atom stereocenters. The zero-order valence-corrected chi connectivity index (χ0v) is 11.9. The maximum atomic E-state index is 3.93. The Morgan fingerprint density at radius 1 is 1.22 bits per heavy atom. The Balaban J connectivity index is 1.88. The predicted molar refractivity (Wildman–Crippen MR) is 76.6 cm³/mol. The molecule has 0 spiro atoms. The molecule has 1 saturated carbocycles. The lowest BCUT2D eigenvalue weighted by Gasteiger charge is -2.42. The molecule has 1 aromatic carbocycles. The summed E-state index contributed by atoms with van der Waals surface area (Å²) in [4.78, 5) is 0. The minimum atomic E-state index is 0.373. The van der Waals surface area contributed by atoms with Crippen LogP contribution in [0, 0.1) is 11.3 Å². The van der Waals surface area contributed by atoms with E-state index in [2.05, 4.69) is 50.4 Å². The van der Waals surface area contributed by atoms with Crippen molar-refractivity contribution in [3.05, 3.63) is 35.4 Å². The molecule has 2 atom stereocenters. The van der Waals surface area contributed by atoms with Crippen LogP contribution >= 0.6 is 0 Å². The molecule has 3 rings (SSSR count). The second kappa shape index (κ2) is 4.38. The highest BCUT2D eigenvalue weighted by Crippen LogP contribution is 2.45. The molecular weight excluding hydrogens is 218 g/mol. The third-order valence-electron chi connectivity index (χ3n) is 4.94. The second-order valence-corrected chi connectivity index (χ2v) is 6.91. The van der Waals surface area contributed by atoms with Crippen LogP contribution in [-0.2, 0) is 6.42 Å². The van der Waals surface area contributed by atoms with Crippen molar-refractivity contribution in [1.82, 2.24) is 5.32 Å². The fourth-order valence-electron chi connectivity index (χ4n) is 3.38. The van der Waals surface area contributed by atoms with Crippen LogP contribution in [-0.4, -0.2) is 6.04 Å². The van der Waals surface area contributed by atoms with E-state index in [1.807, 2.05) is 0 Å². The second-order valence-electron chi connectivity index (χ2n) is 6.91. The molecule has 0 aliphatic heterocycles. The molecule has 1 aromatic rings. The highest BCUT2D eigenvalue weighted by molar-refractivity contribution is 5.34. The monoisotopic (exact) mass is 243 g/mol. The molecular formula is C17H25N. The Bertz CT molecular complexity index is 431. The van der Waals surface area contributed by atoms with Crippen molar-refractivity contribution < 1.29 is 0 Å². The highest BCUT2D eigenvalue weighted by Gasteiger charge is 2.38. The molecule has 0 radical (unpaired) electrons. The minimum Gasteiger partial charge on any atom is -0.307 e. The molecule has 0 amide bonds. The van der Waals surface area contributed by atoms with Crippen LogP contribution in [0.1, 0.15) is 57.2 Å². The normalized spacial score (nSPS) is 27.6. The van der Waals surface area contributed by atoms with Gasteiger partial charge in [0.2, 0.25) is 0 Å². The Hall–Kier alpha value is -0.820. The van der Waals surface area contributed by atoms with Crippen LogP contribution in [0.3, 0.4) is 0 Å². The van der Waals surface area contributed by atoms with Gasteiger partial charge < -0.3 is 5.32 Å².